The minimum absolute atomic E-state index is 0.175. The molecule has 0 aliphatic rings. The zero-order valence-corrected chi connectivity index (χ0v) is 6.19. The van der Waals surface area contributed by atoms with E-state index in [2.05, 4.69) is 26.2 Å². The van der Waals surface area contributed by atoms with Crippen LogP contribution in [0.15, 0.2) is 0 Å². The molecule has 0 aliphatic carbocycles. The number of hydrogen-bond acceptors (Lipinski definition) is 2. The van der Waals surface area contributed by atoms with Crippen LogP contribution in [0.3, 0.4) is 0 Å². The third-order valence-corrected chi connectivity index (χ3v) is 0.719. The summed E-state index contributed by atoms with van der Waals surface area (Å²) in [7, 11) is 0. The van der Waals surface area contributed by atoms with Crippen LogP contribution in [0, 0.1) is 0 Å². The third-order valence-electron chi connectivity index (χ3n) is 0.395. The lowest BCUT2D eigenvalue weighted by atomic mass is 10.8. The first kappa shape index (κ1) is 7.91. The smallest absolute Gasteiger partial charge is 0.240 e. The van der Waals surface area contributed by atoms with Crippen LogP contribution in [0.25, 0.3) is 0 Å². The van der Waals surface area contributed by atoms with E-state index in [1.165, 1.54) is 6.92 Å². The molecular formula is C4H8BrNO2. The van der Waals surface area contributed by atoms with Crippen LogP contribution >= 0.6 is 15.9 Å². The Morgan fingerprint density at radius 3 is 2.88 bits per heavy atom. The van der Waals surface area contributed by atoms with Gasteiger partial charge in [0, 0.05) is 12.3 Å². The fraction of sp³-hybridized carbons (Fsp3) is 0.750. The molecule has 0 saturated heterocycles. The molecule has 0 rings (SSSR count). The molecule has 0 aliphatic heterocycles. The van der Waals surface area contributed by atoms with E-state index in [-0.39, 0.29) is 5.91 Å². The molecule has 8 heavy (non-hydrogen) atoms. The van der Waals surface area contributed by atoms with Crippen molar-refractivity contribution in [3.8, 4) is 0 Å². The highest BCUT2D eigenvalue weighted by Crippen LogP contribution is 1.77. The molecule has 1 N–H and O–H groups in total. The Morgan fingerprint density at radius 1 is 1.88 bits per heavy atom. The fourth-order valence-electron chi connectivity index (χ4n) is 0.191. The van der Waals surface area contributed by atoms with Crippen LogP contribution in [0.4, 0.5) is 0 Å². The highest BCUT2D eigenvalue weighted by molar-refractivity contribution is 9.09. The van der Waals surface area contributed by atoms with E-state index in [1.807, 2.05) is 0 Å². The first-order chi connectivity index (χ1) is 3.77. The normalized spacial score (nSPS) is 8.75. The number of hydrogen-bond donors (Lipinski definition) is 1. The van der Waals surface area contributed by atoms with Crippen LogP contribution in [0.5, 0.6) is 0 Å². The van der Waals surface area contributed by atoms with E-state index in [1.54, 1.807) is 0 Å². The molecule has 0 spiro atoms. The number of amides is 1. The number of nitrogens with one attached hydrogen (secondary N) is 1. The second-order valence-corrected chi connectivity index (χ2v) is 1.99. The topological polar surface area (TPSA) is 38.3 Å². The van der Waals surface area contributed by atoms with E-state index in [0.29, 0.717) is 6.61 Å². The monoisotopic (exact) mass is 181 g/mol. The molecule has 0 unspecified atom stereocenters. The van der Waals surface area contributed by atoms with Gasteiger partial charge in [-0.3, -0.25) is 9.63 Å². The first-order valence-electron chi connectivity index (χ1n) is 2.21. The van der Waals surface area contributed by atoms with Gasteiger partial charge in [0.2, 0.25) is 5.91 Å². The minimum Gasteiger partial charge on any atom is -0.273 e. The summed E-state index contributed by atoms with van der Waals surface area (Å²) in [6.45, 7) is 1.90. The zero-order chi connectivity index (χ0) is 6.41. The van der Waals surface area contributed by atoms with Crippen LogP contribution in [-0.4, -0.2) is 17.8 Å². The lowest BCUT2D eigenvalue weighted by Crippen LogP contribution is -2.20. The predicted octanol–water partition coefficient (Wildman–Crippen LogP) is 0.449. The summed E-state index contributed by atoms with van der Waals surface area (Å²) < 4.78 is 0. The van der Waals surface area contributed by atoms with Crippen molar-refractivity contribution in [1.82, 2.24) is 5.48 Å². The van der Waals surface area contributed by atoms with Crippen molar-refractivity contribution >= 4 is 21.8 Å². The summed E-state index contributed by atoms with van der Waals surface area (Å²) in [4.78, 5) is 14.7. The highest BCUT2D eigenvalue weighted by atomic mass is 79.9. The van der Waals surface area contributed by atoms with Crippen LogP contribution < -0.4 is 5.48 Å². The summed E-state index contributed by atoms with van der Waals surface area (Å²) in [5.41, 5.74) is 2.18. The second kappa shape index (κ2) is 5.05. The summed E-state index contributed by atoms with van der Waals surface area (Å²) in [5.74, 6) is -0.175. The maximum absolute atomic E-state index is 10.1. The van der Waals surface area contributed by atoms with Crippen molar-refractivity contribution in [3.63, 3.8) is 0 Å². The van der Waals surface area contributed by atoms with Gasteiger partial charge in [0.1, 0.15) is 0 Å². The molecule has 48 valence electrons. The van der Waals surface area contributed by atoms with Gasteiger partial charge in [-0.25, -0.2) is 5.48 Å². The number of carbonyl (C=O) groups is 1. The maximum atomic E-state index is 10.1. The van der Waals surface area contributed by atoms with Gasteiger partial charge in [0.05, 0.1) is 6.61 Å². The molecule has 0 aromatic heterocycles. The molecule has 0 radical (unpaired) electrons. The number of carbonyl (C=O) groups excluding carboxylic acids is 1. The van der Waals surface area contributed by atoms with E-state index >= 15 is 0 Å². The molecule has 0 aromatic carbocycles. The Bertz CT molecular complexity index is 76.4. The fourth-order valence-corrected chi connectivity index (χ4v) is 0.353. The maximum Gasteiger partial charge on any atom is 0.240 e. The van der Waals surface area contributed by atoms with Crippen molar-refractivity contribution < 1.29 is 9.63 Å². The third kappa shape index (κ3) is 5.91. The summed E-state index contributed by atoms with van der Waals surface area (Å²) in [6.07, 6.45) is 0. The Labute approximate surface area is 56.5 Å². The lowest BCUT2D eigenvalue weighted by Gasteiger charge is -1.97. The van der Waals surface area contributed by atoms with E-state index in [0.717, 1.165) is 5.33 Å². The van der Waals surface area contributed by atoms with Crippen molar-refractivity contribution in [2.45, 2.75) is 6.92 Å². The van der Waals surface area contributed by atoms with Crippen LogP contribution in [-0.2, 0) is 9.63 Å². The molecule has 0 saturated carbocycles. The van der Waals surface area contributed by atoms with E-state index in [4.69, 9.17) is 0 Å². The van der Waals surface area contributed by atoms with Crippen LogP contribution in [0.1, 0.15) is 6.92 Å². The van der Waals surface area contributed by atoms with Gasteiger partial charge in [-0.2, -0.15) is 0 Å². The Balaban J connectivity index is 2.82. The Kier molecular flexibility index (Phi) is 5.00. The van der Waals surface area contributed by atoms with Crippen molar-refractivity contribution in [2.24, 2.45) is 0 Å². The molecule has 0 atom stereocenters. The van der Waals surface area contributed by atoms with Crippen molar-refractivity contribution in [1.29, 1.82) is 0 Å². The quantitative estimate of drug-likeness (QED) is 0.391. The molecular weight excluding hydrogens is 174 g/mol. The minimum atomic E-state index is -0.175. The van der Waals surface area contributed by atoms with Crippen molar-refractivity contribution in [2.75, 3.05) is 11.9 Å². The summed E-state index contributed by atoms with van der Waals surface area (Å²) in [5, 5.41) is 0.729. The summed E-state index contributed by atoms with van der Waals surface area (Å²) >= 11 is 3.12. The standard InChI is InChI=1S/C4H8BrNO2/c1-4(7)6-8-3-2-5/h2-3H2,1H3,(H,6,7). The zero-order valence-electron chi connectivity index (χ0n) is 4.61. The van der Waals surface area contributed by atoms with Gasteiger partial charge in [-0.1, -0.05) is 15.9 Å². The number of halogens is 1. The average molecular weight is 182 g/mol. The largest absolute Gasteiger partial charge is 0.273 e. The number of alkyl halides is 1. The molecule has 0 bridgehead atoms. The van der Waals surface area contributed by atoms with E-state index < -0.39 is 0 Å². The van der Waals surface area contributed by atoms with Gasteiger partial charge in [-0.05, 0) is 0 Å². The highest BCUT2D eigenvalue weighted by Gasteiger charge is 1.86. The Morgan fingerprint density at radius 2 is 2.50 bits per heavy atom. The van der Waals surface area contributed by atoms with E-state index in [9.17, 15) is 4.79 Å². The molecule has 0 fully saturated rings. The molecule has 0 heterocycles. The Hall–Kier alpha value is -0.0900. The number of hydroxylamine groups is 1. The van der Waals surface area contributed by atoms with Gasteiger partial charge >= 0.3 is 0 Å². The predicted molar refractivity (Wildman–Crippen MR) is 33.6 cm³/mol. The van der Waals surface area contributed by atoms with Crippen molar-refractivity contribution in [3.05, 3.63) is 0 Å². The molecule has 1 amide bonds. The first-order valence-corrected chi connectivity index (χ1v) is 3.34. The lowest BCUT2D eigenvalue weighted by molar-refractivity contribution is -0.130. The number of rotatable bonds is 3. The van der Waals surface area contributed by atoms with Gasteiger partial charge in [-0.15, -0.1) is 0 Å². The molecule has 3 nitrogen and oxygen atoms in total. The van der Waals surface area contributed by atoms with Gasteiger partial charge < -0.3 is 0 Å². The molecule has 0 aromatic rings. The average Bonchev–Trinajstić information content (AvgIpc) is 1.66. The van der Waals surface area contributed by atoms with Gasteiger partial charge in [0.25, 0.3) is 0 Å². The summed E-state index contributed by atoms with van der Waals surface area (Å²) in [6, 6.07) is 0. The van der Waals surface area contributed by atoms with Crippen LogP contribution in [0.2, 0.25) is 0 Å². The molecule has 4 heteroatoms. The second-order valence-electron chi connectivity index (χ2n) is 1.20. The van der Waals surface area contributed by atoms with Gasteiger partial charge in [0.15, 0.2) is 0 Å². The SMILES string of the molecule is CC(=O)NOCCBr.